The van der Waals surface area contributed by atoms with Gasteiger partial charge in [0.15, 0.2) is 0 Å². The Morgan fingerprint density at radius 3 is 1.95 bits per heavy atom. The summed E-state index contributed by atoms with van der Waals surface area (Å²) in [6, 6.07) is 50.2. The number of para-hydroxylation sites is 1. The van der Waals surface area contributed by atoms with Crippen LogP contribution < -0.4 is 14.7 Å². The van der Waals surface area contributed by atoms with Crippen LogP contribution in [0.1, 0.15) is 64.7 Å². The molecular formula is C55H51N5. The average Bonchev–Trinajstić information content (AvgIpc) is 3.27. The van der Waals surface area contributed by atoms with Crippen LogP contribution in [0.25, 0.3) is 21.5 Å². The Bertz CT molecular complexity index is 2910. The molecule has 2 aliphatic heterocycles. The van der Waals surface area contributed by atoms with Crippen LogP contribution in [-0.2, 0) is 10.8 Å². The minimum absolute atomic E-state index is 0.313. The van der Waals surface area contributed by atoms with Crippen molar-refractivity contribution in [1.82, 2.24) is 4.98 Å². The summed E-state index contributed by atoms with van der Waals surface area (Å²) < 4.78 is 0. The van der Waals surface area contributed by atoms with E-state index in [1.165, 1.54) is 49.6 Å². The highest BCUT2D eigenvalue weighted by molar-refractivity contribution is 5.93. The van der Waals surface area contributed by atoms with Crippen LogP contribution in [0.4, 0.5) is 34.3 Å². The number of allylic oxidation sites excluding steroid dienone is 4. The highest BCUT2D eigenvalue weighted by Crippen LogP contribution is 2.59. The molecule has 0 amide bonds. The van der Waals surface area contributed by atoms with Crippen molar-refractivity contribution in [3.63, 3.8) is 0 Å². The molecule has 60 heavy (non-hydrogen) atoms. The van der Waals surface area contributed by atoms with Gasteiger partial charge >= 0.3 is 0 Å². The number of anilines is 6. The first-order valence-electron chi connectivity index (χ1n) is 21.0. The zero-order valence-corrected chi connectivity index (χ0v) is 35.4. The molecule has 9 rings (SSSR count). The zero-order chi connectivity index (χ0) is 41.6. The van der Waals surface area contributed by atoms with Gasteiger partial charge in [0.1, 0.15) is 11.6 Å². The molecule has 0 fully saturated rings. The second-order valence-corrected chi connectivity index (χ2v) is 16.6. The predicted molar refractivity (Wildman–Crippen MR) is 255 cm³/mol. The topological polar surface area (TPSA) is 35.0 Å². The van der Waals surface area contributed by atoms with Crippen molar-refractivity contribution >= 4 is 62.0 Å². The quantitative estimate of drug-likeness (QED) is 0.129. The lowest BCUT2D eigenvalue weighted by Crippen LogP contribution is -2.40. The summed E-state index contributed by atoms with van der Waals surface area (Å²) >= 11 is 0. The van der Waals surface area contributed by atoms with Gasteiger partial charge in [-0.15, -0.1) is 0 Å². The second kappa shape index (κ2) is 15.3. The van der Waals surface area contributed by atoms with Crippen LogP contribution >= 0.6 is 0 Å². The third kappa shape index (κ3) is 6.42. The predicted octanol–water partition coefficient (Wildman–Crippen LogP) is 14.7. The number of aromatic nitrogens is 1. The average molecular weight is 782 g/mol. The Morgan fingerprint density at radius 1 is 0.683 bits per heavy atom. The van der Waals surface area contributed by atoms with E-state index >= 15 is 0 Å². The van der Waals surface area contributed by atoms with Crippen LogP contribution in [0, 0.1) is 0 Å². The molecule has 0 N–H and O–H groups in total. The first-order chi connectivity index (χ1) is 29.1. The molecule has 0 unspecified atom stereocenters. The maximum Gasteiger partial charge on any atom is 0.137 e. The SMILES string of the molecule is C=CC1=C(/C=C/N(/C(=C/CC)N=CC)c2ccc3ccccc3c2)C(C)(C)c2cc(N(c3ccc4ccccc4c3)c3ccccn3)cc3c2N1c1ccccc1C3(C)C. The Hall–Kier alpha value is -6.98. The highest BCUT2D eigenvalue weighted by Gasteiger charge is 2.46. The van der Waals surface area contributed by atoms with E-state index in [0.29, 0.717) is 0 Å². The molecule has 7 aromatic rings. The minimum atomic E-state index is -0.462. The smallest absolute Gasteiger partial charge is 0.137 e. The molecule has 5 nitrogen and oxygen atoms in total. The summed E-state index contributed by atoms with van der Waals surface area (Å²) in [6.07, 6.45) is 13.3. The second-order valence-electron chi connectivity index (χ2n) is 16.6. The minimum Gasteiger partial charge on any atom is -0.309 e. The third-order valence-electron chi connectivity index (χ3n) is 12.3. The van der Waals surface area contributed by atoms with Gasteiger partial charge in [0.25, 0.3) is 0 Å². The van der Waals surface area contributed by atoms with Gasteiger partial charge in [0, 0.05) is 52.2 Å². The first kappa shape index (κ1) is 38.5. The van der Waals surface area contributed by atoms with Gasteiger partial charge in [-0.3, -0.25) is 4.90 Å². The third-order valence-corrected chi connectivity index (χ3v) is 12.3. The van der Waals surface area contributed by atoms with Crippen molar-refractivity contribution in [2.24, 2.45) is 4.99 Å². The molecule has 0 spiro atoms. The fourth-order valence-corrected chi connectivity index (χ4v) is 9.25. The van der Waals surface area contributed by atoms with Crippen LogP contribution in [0.5, 0.6) is 0 Å². The lowest BCUT2D eigenvalue weighted by molar-refractivity contribution is 0.589. The molecular weight excluding hydrogens is 731 g/mol. The lowest BCUT2D eigenvalue weighted by Gasteiger charge is -2.50. The molecule has 0 saturated heterocycles. The van der Waals surface area contributed by atoms with Crippen molar-refractivity contribution in [2.45, 2.75) is 58.8 Å². The van der Waals surface area contributed by atoms with Gasteiger partial charge in [-0.25, -0.2) is 9.98 Å². The van der Waals surface area contributed by atoms with Gasteiger partial charge < -0.3 is 9.80 Å². The van der Waals surface area contributed by atoms with Crippen LogP contribution in [0.3, 0.4) is 0 Å². The first-order valence-corrected chi connectivity index (χ1v) is 21.0. The largest absolute Gasteiger partial charge is 0.309 e. The Labute approximate surface area is 354 Å². The van der Waals surface area contributed by atoms with Crippen LogP contribution in [-0.4, -0.2) is 11.2 Å². The molecule has 0 aliphatic carbocycles. The molecule has 0 radical (unpaired) electrons. The Morgan fingerprint density at radius 2 is 1.30 bits per heavy atom. The molecule has 0 atom stereocenters. The fourth-order valence-electron chi connectivity index (χ4n) is 9.25. The van der Waals surface area contributed by atoms with E-state index in [1.54, 1.807) is 0 Å². The van der Waals surface area contributed by atoms with Crippen LogP contribution in [0.2, 0.25) is 0 Å². The fraction of sp³-hybridized carbons (Fsp3) is 0.164. The molecule has 0 saturated carbocycles. The molecule has 1 aromatic heterocycles. The number of benzene rings is 6. The number of fused-ring (bicyclic) bond motifs is 4. The van der Waals surface area contributed by atoms with Crippen molar-refractivity contribution in [1.29, 1.82) is 0 Å². The van der Waals surface area contributed by atoms with E-state index in [-0.39, 0.29) is 5.41 Å². The molecule has 296 valence electrons. The Balaban J connectivity index is 1.29. The molecule has 5 heteroatoms. The maximum atomic E-state index is 4.96. The number of nitrogens with zero attached hydrogens (tertiary/aromatic N) is 5. The summed E-state index contributed by atoms with van der Waals surface area (Å²) in [4.78, 5) is 16.9. The highest BCUT2D eigenvalue weighted by atomic mass is 15.2. The molecule has 2 aliphatic rings. The van der Waals surface area contributed by atoms with Crippen molar-refractivity contribution in [3.05, 3.63) is 211 Å². The normalized spacial score (nSPS) is 15.4. The van der Waals surface area contributed by atoms with Gasteiger partial charge in [-0.2, -0.15) is 0 Å². The van der Waals surface area contributed by atoms with Crippen LogP contribution in [0.15, 0.2) is 199 Å². The van der Waals surface area contributed by atoms with Crippen molar-refractivity contribution in [2.75, 3.05) is 14.7 Å². The summed E-state index contributed by atoms with van der Waals surface area (Å²) in [5.41, 5.74) is 10.7. The zero-order valence-electron chi connectivity index (χ0n) is 35.4. The maximum absolute atomic E-state index is 4.96. The Kier molecular flexibility index (Phi) is 9.84. The van der Waals surface area contributed by atoms with E-state index in [9.17, 15) is 0 Å². The monoisotopic (exact) mass is 781 g/mol. The molecule has 3 heterocycles. The van der Waals surface area contributed by atoms with E-state index in [2.05, 4.69) is 208 Å². The van der Waals surface area contributed by atoms with E-state index in [4.69, 9.17) is 9.98 Å². The lowest BCUT2D eigenvalue weighted by atomic mass is 9.66. The van der Waals surface area contributed by atoms with E-state index in [0.717, 1.165) is 46.4 Å². The van der Waals surface area contributed by atoms with E-state index in [1.807, 2.05) is 31.5 Å². The van der Waals surface area contributed by atoms with Gasteiger partial charge in [-0.1, -0.05) is 126 Å². The number of hydrogen-bond donors (Lipinski definition) is 0. The number of aliphatic imine (C=N–C) groups is 1. The molecule has 0 bridgehead atoms. The number of rotatable bonds is 10. The summed E-state index contributed by atoms with van der Waals surface area (Å²) in [6.45, 7) is 18.1. The van der Waals surface area contributed by atoms with Gasteiger partial charge in [-0.05, 0) is 130 Å². The number of pyridine rings is 1. The molecule has 6 aromatic carbocycles. The summed E-state index contributed by atoms with van der Waals surface area (Å²) in [5.74, 6) is 1.73. The summed E-state index contributed by atoms with van der Waals surface area (Å²) in [5, 5.41) is 4.77. The van der Waals surface area contributed by atoms with Gasteiger partial charge in [0.05, 0.1) is 11.4 Å². The van der Waals surface area contributed by atoms with Crippen molar-refractivity contribution in [3.8, 4) is 0 Å². The number of hydrogen-bond acceptors (Lipinski definition) is 5. The van der Waals surface area contributed by atoms with E-state index < -0.39 is 5.41 Å². The van der Waals surface area contributed by atoms with Gasteiger partial charge in [0.2, 0.25) is 0 Å². The van der Waals surface area contributed by atoms with Crippen molar-refractivity contribution < 1.29 is 0 Å². The summed E-state index contributed by atoms with van der Waals surface area (Å²) in [7, 11) is 0. The standard InChI is InChI=1S/C55H51N5/c1-8-19-51(56-10-3)58(42-29-27-38-20-11-13-22-40(38)34-42)33-31-46-49(9-2)60-50-25-16-15-24-45(50)54(4,5)47-36-44(37-48(53(47)60)55(46,6)7)59(52-26-17-18-32-57-52)43-30-28-39-21-12-14-23-41(39)35-43/h9-37H,2,8H2,1,3-7H3/b33-31+,51-19+,56-10?.